The van der Waals surface area contributed by atoms with Crippen LogP contribution in [0.5, 0.6) is 0 Å². The lowest BCUT2D eigenvalue weighted by Gasteiger charge is -2.12. The molecule has 0 atom stereocenters. The van der Waals surface area contributed by atoms with E-state index >= 15 is 0 Å². The van der Waals surface area contributed by atoms with Crippen LogP contribution in [0, 0.1) is 10.1 Å². The zero-order chi connectivity index (χ0) is 19.8. The molecule has 0 bridgehead atoms. The van der Waals surface area contributed by atoms with E-state index in [2.05, 4.69) is 4.98 Å². The number of hydrogen-bond acceptors (Lipinski definition) is 6. The van der Waals surface area contributed by atoms with E-state index in [9.17, 15) is 19.7 Å². The molecule has 2 aromatic carbocycles. The Morgan fingerprint density at radius 1 is 1.29 bits per heavy atom. The molecule has 9 heteroatoms. The molecule has 1 aliphatic carbocycles. The SMILES string of the molecule is NC(=O)c1ccc(CSc2nc3ccccc3c(=O)n2C2CC2)c([N+](=O)[O-])c1. The van der Waals surface area contributed by atoms with Crippen molar-refractivity contribution in [3.63, 3.8) is 0 Å². The van der Waals surface area contributed by atoms with Crippen LogP contribution in [-0.4, -0.2) is 20.4 Å². The van der Waals surface area contributed by atoms with E-state index in [0.717, 1.165) is 12.8 Å². The highest BCUT2D eigenvalue weighted by atomic mass is 32.2. The molecule has 28 heavy (non-hydrogen) atoms. The minimum absolute atomic E-state index is 0.0826. The first-order valence-electron chi connectivity index (χ1n) is 8.67. The molecule has 0 aliphatic heterocycles. The van der Waals surface area contributed by atoms with Crippen molar-refractivity contribution in [1.29, 1.82) is 0 Å². The third-order valence-corrected chi connectivity index (χ3v) is 5.61. The van der Waals surface area contributed by atoms with Crippen LogP contribution in [0.3, 0.4) is 0 Å². The number of carbonyl (C=O) groups excluding carboxylic acids is 1. The third kappa shape index (κ3) is 3.36. The second-order valence-corrected chi connectivity index (χ2v) is 7.51. The Hall–Kier alpha value is -3.20. The van der Waals surface area contributed by atoms with Gasteiger partial charge in [-0.3, -0.25) is 24.3 Å². The van der Waals surface area contributed by atoms with Crippen LogP contribution in [0.2, 0.25) is 0 Å². The van der Waals surface area contributed by atoms with Crippen LogP contribution < -0.4 is 11.3 Å². The van der Waals surface area contributed by atoms with Crippen LogP contribution in [-0.2, 0) is 5.75 Å². The second-order valence-electron chi connectivity index (χ2n) is 6.57. The third-order valence-electron chi connectivity index (χ3n) is 4.61. The molecule has 3 aromatic rings. The Labute approximate surface area is 163 Å². The molecule has 0 spiro atoms. The van der Waals surface area contributed by atoms with Gasteiger partial charge in [-0.2, -0.15) is 0 Å². The maximum absolute atomic E-state index is 12.9. The lowest BCUT2D eigenvalue weighted by Crippen LogP contribution is -2.22. The molecule has 0 unspecified atom stereocenters. The van der Waals surface area contributed by atoms with Gasteiger partial charge in [0, 0.05) is 29.0 Å². The summed E-state index contributed by atoms with van der Waals surface area (Å²) in [5.41, 5.74) is 6.07. The number of nitrogens with two attached hydrogens (primary N) is 1. The van der Waals surface area contributed by atoms with Crippen molar-refractivity contribution in [3.8, 4) is 0 Å². The number of nitro benzene ring substituents is 1. The molecule has 1 fully saturated rings. The molecule has 2 N–H and O–H groups in total. The normalized spacial score (nSPS) is 13.6. The van der Waals surface area contributed by atoms with Gasteiger partial charge in [-0.1, -0.05) is 30.0 Å². The van der Waals surface area contributed by atoms with E-state index in [0.29, 0.717) is 21.6 Å². The number of primary amides is 1. The number of amides is 1. The van der Waals surface area contributed by atoms with Crippen molar-refractivity contribution in [1.82, 2.24) is 9.55 Å². The fourth-order valence-corrected chi connectivity index (χ4v) is 4.10. The topological polar surface area (TPSA) is 121 Å². The van der Waals surface area contributed by atoms with Gasteiger partial charge >= 0.3 is 0 Å². The van der Waals surface area contributed by atoms with Crippen molar-refractivity contribution in [3.05, 3.63) is 74.1 Å². The summed E-state index contributed by atoms with van der Waals surface area (Å²) in [7, 11) is 0. The van der Waals surface area contributed by atoms with Crippen LogP contribution in [0.25, 0.3) is 10.9 Å². The molecular weight excluding hydrogens is 380 g/mol. The number of rotatable bonds is 6. The zero-order valence-corrected chi connectivity index (χ0v) is 15.5. The van der Waals surface area contributed by atoms with Gasteiger partial charge in [0.2, 0.25) is 5.91 Å². The molecule has 0 radical (unpaired) electrons. The maximum atomic E-state index is 12.9. The van der Waals surface area contributed by atoms with Crippen molar-refractivity contribution in [2.45, 2.75) is 29.8 Å². The molecule has 0 saturated heterocycles. The van der Waals surface area contributed by atoms with Crippen molar-refractivity contribution in [2.75, 3.05) is 0 Å². The van der Waals surface area contributed by atoms with Crippen molar-refractivity contribution in [2.24, 2.45) is 5.73 Å². The average molecular weight is 396 g/mol. The summed E-state index contributed by atoms with van der Waals surface area (Å²) in [6.45, 7) is 0. The van der Waals surface area contributed by atoms with E-state index in [-0.39, 0.29) is 28.6 Å². The summed E-state index contributed by atoms with van der Waals surface area (Å²) >= 11 is 1.27. The van der Waals surface area contributed by atoms with Crippen molar-refractivity contribution < 1.29 is 9.72 Å². The monoisotopic (exact) mass is 396 g/mol. The standard InChI is InChI=1S/C19H16N4O4S/c20-17(24)11-5-6-12(16(9-11)23(26)27)10-28-19-21-15-4-2-1-3-14(15)18(25)22(19)13-7-8-13/h1-6,9,13H,7-8,10H2,(H2,20,24). The summed E-state index contributed by atoms with van der Waals surface area (Å²) < 4.78 is 1.69. The fourth-order valence-electron chi connectivity index (χ4n) is 3.03. The average Bonchev–Trinajstić information content (AvgIpc) is 3.51. The predicted octanol–water partition coefficient (Wildman–Crippen LogP) is 3.03. The van der Waals surface area contributed by atoms with E-state index in [1.54, 1.807) is 22.8 Å². The van der Waals surface area contributed by atoms with Crippen LogP contribution in [0.15, 0.2) is 52.4 Å². The van der Waals surface area contributed by atoms with Gasteiger partial charge in [0.15, 0.2) is 5.16 Å². The fraction of sp³-hybridized carbons (Fsp3) is 0.211. The zero-order valence-electron chi connectivity index (χ0n) is 14.7. The van der Waals surface area contributed by atoms with Gasteiger partial charge in [0.25, 0.3) is 11.2 Å². The first-order valence-corrected chi connectivity index (χ1v) is 9.65. The quantitative estimate of drug-likeness (QED) is 0.296. The Morgan fingerprint density at radius 3 is 2.71 bits per heavy atom. The van der Waals surface area contributed by atoms with Crippen LogP contribution in [0.1, 0.15) is 34.8 Å². The van der Waals surface area contributed by atoms with Crippen LogP contribution in [0.4, 0.5) is 5.69 Å². The highest BCUT2D eigenvalue weighted by Crippen LogP contribution is 2.38. The number of hydrogen-bond donors (Lipinski definition) is 1. The molecule has 1 saturated carbocycles. The Morgan fingerprint density at radius 2 is 2.04 bits per heavy atom. The first kappa shape index (κ1) is 18.2. The molecule has 1 aromatic heterocycles. The van der Waals surface area contributed by atoms with E-state index in [1.807, 2.05) is 6.07 Å². The molecule has 1 amide bonds. The van der Waals surface area contributed by atoms with E-state index < -0.39 is 10.8 Å². The summed E-state index contributed by atoms with van der Waals surface area (Å²) in [6, 6.07) is 11.4. The summed E-state index contributed by atoms with van der Waals surface area (Å²) in [6.07, 6.45) is 1.84. The maximum Gasteiger partial charge on any atom is 0.274 e. The summed E-state index contributed by atoms with van der Waals surface area (Å²) in [4.78, 5) is 39.7. The van der Waals surface area contributed by atoms with Gasteiger partial charge in [0.05, 0.1) is 15.8 Å². The van der Waals surface area contributed by atoms with E-state index in [1.165, 1.54) is 30.0 Å². The molecule has 1 heterocycles. The molecule has 8 nitrogen and oxygen atoms in total. The largest absolute Gasteiger partial charge is 0.366 e. The minimum Gasteiger partial charge on any atom is -0.366 e. The minimum atomic E-state index is -0.721. The lowest BCUT2D eigenvalue weighted by atomic mass is 10.1. The van der Waals surface area contributed by atoms with Gasteiger partial charge in [-0.25, -0.2) is 4.98 Å². The molecular formula is C19H16N4O4S. The number of benzene rings is 2. The van der Waals surface area contributed by atoms with Gasteiger partial charge < -0.3 is 5.73 Å². The molecule has 4 rings (SSSR count). The summed E-state index contributed by atoms with van der Waals surface area (Å²) in [5, 5.41) is 12.5. The highest BCUT2D eigenvalue weighted by molar-refractivity contribution is 7.98. The number of thioether (sulfide) groups is 1. The number of carbonyl (C=O) groups is 1. The number of fused-ring (bicyclic) bond motifs is 1. The number of para-hydroxylation sites is 1. The summed E-state index contributed by atoms with van der Waals surface area (Å²) in [5.74, 6) is -0.478. The van der Waals surface area contributed by atoms with Gasteiger partial charge in [0.1, 0.15) is 0 Å². The first-order chi connectivity index (χ1) is 13.5. The lowest BCUT2D eigenvalue weighted by molar-refractivity contribution is -0.385. The molecule has 1 aliphatic rings. The smallest absolute Gasteiger partial charge is 0.274 e. The van der Waals surface area contributed by atoms with Gasteiger partial charge in [-0.15, -0.1) is 0 Å². The highest BCUT2D eigenvalue weighted by Gasteiger charge is 2.29. The Balaban J connectivity index is 1.72. The van der Waals surface area contributed by atoms with Crippen LogP contribution >= 0.6 is 11.8 Å². The number of aromatic nitrogens is 2. The number of nitrogens with zero attached hydrogens (tertiary/aromatic N) is 3. The van der Waals surface area contributed by atoms with E-state index in [4.69, 9.17) is 5.73 Å². The molecule has 142 valence electrons. The Kier molecular flexibility index (Phi) is 4.60. The second kappa shape index (κ2) is 7.08. The number of nitro groups is 1. The van der Waals surface area contributed by atoms with Gasteiger partial charge in [-0.05, 0) is 31.0 Å². The predicted molar refractivity (Wildman–Crippen MR) is 105 cm³/mol. The Bertz CT molecular complexity index is 1170. The van der Waals surface area contributed by atoms with Crippen molar-refractivity contribution >= 4 is 34.3 Å².